The fourth-order valence-corrected chi connectivity index (χ4v) is 3.50. The van der Waals surface area contributed by atoms with Crippen LogP contribution in [0, 0.1) is 0 Å². The number of piperazine rings is 1. The Morgan fingerprint density at radius 3 is 2.24 bits per heavy atom. The summed E-state index contributed by atoms with van der Waals surface area (Å²) in [4.78, 5) is 28.4. The van der Waals surface area contributed by atoms with Crippen molar-refractivity contribution < 1.29 is 23.2 Å². The summed E-state index contributed by atoms with van der Waals surface area (Å²) in [6, 6.07) is 14.2. The van der Waals surface area contributed by atoms with E-state index in [4.69, 9.17) is 13.6 Å². The van der Waals surface area contributed by atoms with E-state index in [2.05, 4.69) is 15.9 Å². The Bertz CT molecular complexity index is 990. The van der Waals surface area contributed by atoms with E-state index in [1.54, 1.807) is 34.1 Å². The van der Waals surface area contributed by atoms with Gasteiger partial charge in [0.25, 0.3) is 11.8 Å². The van der Waals surface area contributed by atoms with Crippen LogP contribution < -0.4 is 4.74 Å². The fraction of sp³-hybridized carbons (Fsp3) is 0.238. The first-order valence-corrected chi connectivity index (χ1v) is 9.99. The molecule has 0 N–H and O–H groups in total. The second kappa shape index (κ2) is 8.57. The first kappa shape index (κ1) is 19.3. The van der Waals surface area contributed by atoms with Gasteiger partial charge in [0.15, 0.2) is 11.5 Å². The molecule has 0 spiro atoms. The van der Waals surface area contributed by atoms with Crippen LogP contribution in [0.2, 0.25) is 0 Å². The lowest BCUT2D eigenvalue weighted by Gasteiger charge is -2.33. The van der Waals surface area contributed by atoms with Gasteiger partial charge in [0.1, 0.15) is 18.1 Å². The number of benzene rings is 1. The van der Waals surface area contributed by atoms with E-state index in [0.717, 1.165) is 4.47 Å². The van der Waals surface area contributed by atoms with Crippen molar-refractivity contribution in [2.24, 2.45) is 0 Å². The molecule has 7 nitrogen and oxygen atoms in total. The molecule has 0 radical (unpaired) electrons. The van der Waals surface area contributed by atoms with Crippen LogP contribution in [0.4, 0.5) is 0 Å². The first-order valence-electron chi connectivity index (χ1n) is 9.20. The van der Waals surface area contributed by atoms with Gasteiger partial charge in [-0.15, -0.1) is 0 Å². The second-order valence-electron chi connectivity index (χ2n) is 6.55. The number of furan rings is 2. The third kappa shape index (κ3) is 4.37. The van der Waals surface area contributed by atoms with Crippen molar-refractivity contribution in [2.45, 2.75) is 6.61 Å². The molecule has 3 heterocycles. The van der Waals surface area contributed by atoms with E-state index in [-0.39, 0.29) is 24.2 Å². The zero-order valence-electron chi connectivity index (χ0n) is 15.5. The largest absolute Gasteiger partial charge is 0.484 e. The standard InChI is InChI=1S/C21H19BrN2O5/c22-16-4-1-2-5-17(16)28-14-15-7-8-19(29-15)21(26)24-11-9-23(10-12-24)20(25)18-6-3-13-27-18/h1-8,13H,9-12,14H2. The van der Waals surface area contributed by atoms with Crippen molar-refractivity contribution >= 4 is 27.7 Å². The van der Waals surface area contributed by atoms with Crippen LogP contribution >= 0.6 is 15.9 Å². The zero-order chi connectivity index (χ0) is 20.2. The van der Waals surface area contributed by atoms with Crippen LogP contribution in [-0.4, -0.2) is 47.8 Å². The molecule has 1 aliphatic rings. The van der Waals surface area contributed by atoms with E-state index in [9.17, 15) is 9.59 Å². The molecular weight excluding hydrogens is 440 g/mol. The van der Waals surface area contributed by atoms with Gasteiger partial charge >= 0.3 is 0 Å². The first-order chi connectivity index (χ1) is 14.1. The number of hydrogen-bond donors (Lipinski definition) is 0. The maximum absolute atomic E-state index is 12.7. The normalized spacial score (nSPS) is 14.1. The van der Waals surface area contributed by atoms with Crippen molar-refractivity contribution in [3.8, 4) is 5.75 Å². The fourth-order valence-electron chi connectivity index (χ4n) is 3.11. The van der Waals surface area contributed by atoms with Gasteiger partial charge in [0.2, 0.25) is 0 Å². The van der Waals surface area contributed by atoms with Crippen molar-refractivity contribution in [1.29, 1.82) is 0 Å². The molecule has 150 valence electrons. The quantitative estimate of drug-likeness (QED) is 0.580. The van der Waals surface area contributed by atoms with Crippen molar-refractivity contribution in [1.82, 2.24) is 9.80 Å². The number of carbonyl (C=O) groups is 2. The number of amides is 2. The Morgan fingerprint density at radius 2 is 1.59 bits per heavy atom. The molecule has 0 saturated carbocycles. The molecule has 3 aromatic rings. The molecule has 0 unspecified atom stereocenters. The third-order valence-corrected chi connectivity index (χ3v) is 5.32. The number of ether oxygens (including phenoxy) is 1. The minimum absolute atomic E-state index is 0.161. The van der Waals surface area contributed by atoms with Gasteiger partial charge < -0.3 is 23.4 Å². The van der Waals surface area contributed by atoms with Gasteiger partial charge in [-0.3, -0.25) is 9.59 Å². The van der Waals surface area contributed by atoms with E-state index in [0.29, 0.717) is 43.4 Å². The molecule has 8 heteroatoms. The van der Waals surface area contributed by atoms with Crippen LogP contribution in [0.15, 0.2) is 68.1 Å². The number of hydrogen-bond acceptors (Lipinski definition) is 5. The van der Waals surface area contributed by atoms with E-state index >= 15 is 0 Å². The Kier molecular flexibility index (Phi) is 5.71. The summed E-state index contributed by atoms with van der Waals surface area (Å²) < 4.78 is 17.4. The van der Waals surface area contributed by atoms with E-state index < -0.39 is 0 Å². The monoisotopic (exact) mass is 458 g/mol. The lowest BCUT2D eigenvalue weighted by Crippen LogP contribution is -2.50. The highest BCUT2D eigenvalue weighted by molar-refractivity contribution is 9.10. The van der Waals surface area contributed by atoms with Gasteiger partial charge in [-0.1, -0.05) is 12.1 Å². The lowest BCUT2D eigenvalue weighted by atomic mass is 10.2. The van der Waals surface area contributed by atoms with Crippen LogP contribution in [0.1, 0.15) is 26.9 Å². The summed E-state index contributed by atoms with van der Waals surface area (Å²) in [5, 5.41) is 0. The number of halogens is 1. The number of rotatable bonds is 5. The van der Waals surface area contributed by atoms with Crippen LogP contribution in [0.25, 0.3) is 0 Å². The summed E-state index contributed by atoms with van der Waals surface area (Å²) in [6.45, 7) is 2.00. The van der Waals surface area contributed by atoms with Crippen LogP contribution in [0.3, 0.4) is 0 Å². The smallest absolute Gasteiger partial charge is 0.289 e. The van der Waals surface area contributed by atoms with Crippen molar-refractivity contribution in [3.63, 3.8) is 0 Å². The average molecular weight is 459 g/mol. The molecule has 1 saturated heterocycles. The topological polar surface area (TPSA) is 76.1 Å². The molecule has 29 heavy (non-hydrogen) atoms. The Hall–Kier alpha value is -3.00. The van der Waals surface area contributed by atoms with Gasteiger partial charge in [-0.05, 0) is 52.3 Å². The minimum Gasteiger partial charge on any atom is -0.484 e. The predicted molar refractivity (Wildman–Crippen MR) is 108 cm³/mol. The van der Waals surface area contributed by atoms with Crippen LogP contribution in [-0.2, 0) is 6.61 Å². The molecule has 2 amide bonds. The molecule has 0 atom stereocenters. The van der Waals surface area contributed by atoms with Crippen molar-refractivity contribution in [3.05, 3.63) is 76.5 Å². The third-order valence-electron chi connectivity index (χ3n) is 4.67. The van der Waals surface area contributed by atoms with Gasteiger partial charge in [0.05, 0.1) is 10.7 Å². The predicted octanol–water partition coefficient (Wildman–Crippen LogP) is 3.81. The molecular formula is C21H19BrN2O5. The summed E-state index contributed by atoms with van der Waals surface area (Å²) in [5.74, 6) is 1.49. The van der Waals surface area contributed by atoms with Crippen molar-refractivity contribution in [2.75, 3.05) is 26.2 Å². The van der Waals surface area contributed by atoms with Gasteiger partial charge in [-0.2, -0.15) is 0 Å². The van der Waals surface area contributed by atoms with Gasteiger partial charge in [0, 0.05) is 26.2 Å². The molecule has 1 fully saturated rings. The minimum atomic E-state index is -0.192. The molecule has 1 aromatic carbocycles. The van der Waals surface area contributed by atoms with E-state index in [1.807, 2.05) is 24.3 Å². The maximum Gasteiger partial charge on any atom is 0.289 e. The Labute approximate surface area is 176 Å². The number of carbonyl (C=O) groups excluding carboxylic acids is 2. The number of nitrogens with zero attached hydrogens (tertiary/aromatic N) is 2. The molecule has 2 aromatic heterocycles. The summed E-state index contributed by atoms with van der Waals surface area (Å²) in [7, 11) is 0. The summed E-state index contributed by atoms with van der Waals surface area (Å²) in [5.41, 5.74) is 0. The maximum atomic E-state index is 12.7. The average Bonchev–Trinajstić information content (AvgIpc) is 3.45. The molecule has 1 aliphatic heterocycles. The Morgan fingerprint density at radius 1 is 0.897 bits per heavy atom. The molecule has 0 aliphatic carbocycles. The molecule has 4 rings (SSSR count). The zero-order valence-corrected chi connectivity index (χ0v) is 17.1. The van der Waals surface area contributed by atoms with E-state index in [1.165, 1.54) is 6.26 Å². The lowest BCUT2D eigenvalue weighted by molar-refractivity contribution is 0.0500. The molecule has 0 bridgehead atoms. The highest BCUT2D eigenvalue weighted by Crippen LogP contribution is 2.25. The Balaban J connectivity index is 1.31. The second-order valence-corrected chi connectivity index (χ2v) is 7.40. The highest BCUT2D eigenvalue weighted by Gasteiger charge is 2.27. The summed E-state index contributed by atoms with van der Waals surface area (Å²) >= 11 is 3.43. The SMILES string of the molecule is O=C(c1ccco1)N1CCN(C(=O)c2ccc(COc3ccccc3Br)o2)CC1. The summed E-state index contributed by atoms with van der Waals surface area (Å²) in [6.07, 6.45) is 1.47. The van der Waals surface area contributed by atoms with Crippen LogP contribution in [0.5, 0.6) is 5.75 Å². The number of para-hydroxylation sites is 1. The van der Waals surface area contributed by atoms with Gasteiger partial charge in [-0.25, -0.2) is 0 Å². The highest BCUT2D eigenvalue weighted by atomic mass is 79.9.